The van der Waals surface area contributed by atoms with Gasteiger partial charge in [-0.05, 0) is 18.8 Å². The van der Waals surface area contributed by atoms with E-state index >= 15 is 0 Å². The van der Waals surface area contributed by atoms with Gasteiger partial charge in [-0.25, -0.2) is 0 Å². The first-order valence-electron chi connectivity index (χ1n) is 8.19. The molecule has 3 aliphatic carbocycles. The minimum Gasteiger partial charge on any atom is -1.00 e. The van der Waals surface area contributed by atoms with Crippen LogP contribution in [0, 0.1) is 23.7 Å². The summed E-state index contributed by atoms with van der Waals surface area (Å²) in [7, 11) is 9.15. The first-order valence-corrected chi connectivity index (χ1v) is 8.19. The molecule has 5 unspecified atom stereocenters. The van der Waals surface area contributed by atoms with Crippen LogP contribution in [0.25, 0.3) is 0 Å². The second-order valence-electron chi connectivity index (χ2n) is 8.99. The molecule has 0 aromatic heterocycles. The van der Waals surface area contributed by atoms with Gasteiger partial charge in [0.15, 0.2) is 0 Å². The van der Waals surface area contributed by atoms with Crippen LogP contribution in [0.3, 0.4) is 0 Å². The van der Waals surface area contributed by atoms with E-state index < -0.39 is 0 Å². The van der Waals surface area contributed by atoms with Crippen LogP contribution in [-0.2, 0) is 0 Å². The van der Waals surface area contributed by atoms with E-state index in [9.17, 15) is 10.2 Å². The molecule has 0 amide bonds. The molecule has 4 fully saturated rings. The van der Waals surface area contributed by atoms with Crippen molar-refractivity contribution in [2.45, 2.75) is 25.0 Å². The molecular formula is C16H32I2N2O2. The van der Waals surface area contributed by atoms with E-state index in [1.807, 2.05) is 0 Å². The van der Waals surface area contributed by atoms with Crippen LogP contribution in [-0.4, -0.2) is 85.8 Å². The maximum absolute atomic E-state index is 10.3. The summed E-state index contributed by atoms with van der Waals surface area (Å²) in [5.74, 6) is 1.99. The molecule has 1 aliphatic heterocycles. The first-order chi connectivity index (χ1) is 9.19. The molecule has 3 saturated carbocycles. The third kappa shape index (κ3) is 4.09. The Hall–Kier alpha value is 1.30. The second-order valence-corrected chi connectivity index (χ2v) is 8.99. The summed E-state index contributed by atoms with van der Waals surface area (Å²) in [6.07, 6.45) is 1.35. The van der Waals surface area contributed by atoms with Crippen molar-refractivity contribution < 1.29 is 67.1 Å². The van der Waals surface area contributed by atoms with Crippen molar-refractivity contribution >= 4 is 0 Å². The summed E-state index contributed by atoms with van der Waals surface area (Å²) >= 11 is 0. The fraction of sp³-hybridized carbons (Fsp3) is 1.00. The molecule has 4 rings (SSSR count). The van der Waals surface area contributed by atoms with Gasteiger partial charge in [-0.1, -0.05) is 0 Å². The number of nitrogens with zero attached hydrogens (tertiary/aromatic N) is 2. The van der Waals surface area contributed by atoms with Crippen molar-refractivity contribution in [1.29, 1.82) is 0 Å². The molecule has 5 atom stereocenters. The second kappa shape index (κ2) is 7.27. The molecular weight excluding hydrogens is 506 g/mol. The maximum atomic E-state index is 10.3. The number of aliphatic hydroxyl groups is 2. The first kappa shape index (κ1) is 21.3. The molecule has 0 spiro atoms. The average molecular weight is 538 g/mol. The summed E-state index contributed by atoms with van der Waals surface area (Å²) in [5, 5.41) is 20.6. The van der Waals surface area contributed by atoms with E-state index in [0.29, 0.717) is 11.8 Å². The maximum Gasteiger partial charge on any atom is 0.128 e. The fourth-order valence-electron chi connectivity index (χ4n) is 5.20. The number of aliphatic hydroxyl groups excluding tert-OH is 2. The van der Waals surface area contributed by atoms with Gasteiger partial charge in [0.25, 0.3) is 0 Å². The molecule has 22 heavy (non-hydrogen) atoms. The Bertz CT molecular complexity index is 379. The van der Waals surface area contributed by atoms with E-state index in [1.165, 1.54) is 19.6 Å². The highest BCUT2D eigenvalue weighted by molar-refractivity contribution is 5.03. The summed E-state index contributed by atoms with van der Waals surface area (Å²) in [6, 6.07) is 0. The van der Waals surface area contributed by atoms with Crippen molar-refractivity contribution in [3.05, 3.63) is 0 Å². The van der Waals surface area contributed by atoms with Crippen LogP contribution in [0.4, 0.5) is 0 Å². The van der Waals surface area contributed by atoms with E-state index in [-0.39, 0.29) is 66.1 Å². The molecule has 2 bridgehead atoms. The number of likely N-dealkylation sites (N-methyl/N-ethyl adjacent to an activating group) is 2. The highest BCUT2D eigenvalue weighted by atomic mass is 127. The highest BCUT2D eigenvalue weighted by Crippen LogP contribution is 2.53. The van der Waals surface area contributed by atoms with Gasteiger partial charge in [0.1, 0.15) is 13.1 Å². The largest absolute Gasteiger partial charge is 1.00 e. The average Bonchev–Trinajstić information content (AvgIpc) is 2.65. The number of halogens is 2. The molecule has 4 aliphatic rings. The van der Waals surface area contributed by atoms with Crippen LogP contribution in [0.15, 0.2) is 0 Å². The van der Waals surface area contributed by atoms with E-state index in [4.69, 9.17) is 0 Å². The van der Waals surface area contributed by atoms with E-state index in [2.05, 4.69) is 28.2 Å². The monoisotopic (exact) mass is 538 g/mol. The van der Waals surface area contributed by atoms with Gasteiger partial charge in [0, 0.05) is 17.8 Å². The number of quaternary nitrogens is 2. The molecule has 0 aromatic carbocycles. The summed E-state index contributed by atoms with van der Waals surface area (Å²) < 4.78 is 2.15. The predicted molar refractivity (Wildman–Crippen MR) is 78.9 cm³/mol. The smallest absolute Gasteiger partial charge is 0.128 e. The zero-order valence-corrected chi connectivity index (χ0v) is 18.6. The van der Waals surface area contributed by atoms with Crippen molar-refractivity contribution in [2.24, 2.45) is 23.7 Å². The molecule has 0 radical (unpaired) electrons. The molecule has 4 nitrogen and oxygen atoms in total. The lowest BCUT2D eigenvalue weighted by Gasteiger charge is -2.49. The lowest BCUT2D eigenvalue weighted by molar-refractivity contribution is -0.943. The van der Waals surface area contributed by atoms with Gasteiger partial charge in [0.05, 0.1) is 53.5 Å². The SMILES string of the molecule is C[N+](C)(C)CC[N+]1(C)CC2C3CC(O)C(C(O)C3)C2C1.[I-].[I-]. The van der Waals surface area contributed by atoms with Crippen LogP contribution in [0.5, 0.6) is 0 Å². The molecule has 2 N–H and O–H groups in total. The predicted octanol–water partition coefficient (Wildman–Crippen LogP) is -5.85. The van der Waals surface area contributed by atoms with E-state index in [1.54, 1.807) is 0 Å². The Morgan fingerprint density at radius 3 is 1.95 bits per heavy atom. The molecule has 1 saturated heterocycles. The molecule has 0 aromatic rings. The molecule has 6 heteroatoms. The standard InChI is InChI=1S/C16H32N2O2.2HI/c1-17(2,3)5-6-18(4)9-12-11-7-14(19)16(13(12)10-18)15(20)8-11;;/h11-16,19-20H,5-10H2,1-4H3;2*1H/q+2;;/p-2. The lowest BCUT2D eigenvalue weighted by atomic mass is 9.57. The lowest BCUT2D eigenvalue weighted by Crippen LogP contribution is -3.00. The summed E-state index contributed by atoms with van der Waals surface area (Å²) in [6.45, 7) is 4.81. The third-order valence-electron chi connectivity index (χ3n) is 6.24. The normalized spacial score (nSPS) is 46.6. The Morgan fingerprint density at radius 2 is 1.45 bits per heavy atom. The topological polar surface area (TPSA) is 40.5 Å². The quantitative estimate of drug-likeness (QED) is 0.278. The Kier molecular flexibility index (Phi) is 7.05. The highest BCUT2D eigenvalue weighted by Gasteiger charge is 2.59. The molecule has 132 valence electrons. The third-order valence-corrected chi connectivity index (χ3v) is 6.24. The van der Waals surface area contributed by atoms with Gasteiger partial charge in [-0.15, -0.1) is 0 Å². The summed E-state index contributed by atoms with van der Waals surface area (Å²) in [4.78, 5) is 0. The Balaban J connectivity index is 0.00000121. The van der Waals surface area contributed by atoms with Gasteiger partial charge < -0.3 is 67.1 Å². The van der Waals surface area contributed by atoms with E-state index in [0.717, 1.165) is 34.3 Å². The number of fused-ring (bicyclic) bond motifs is 2. The van der Waals surface area contributed by atoms with Gasteiger partial charge >= 0.3 is 0 Å². The van der Waals surface area contributed by atoms with Crippen LogP contribution < -0.4 is 48.0 Å². The number of hydrogen-bond acceptors (Lipinski definition) is 2. The van der Waals surface area contributed by atoms with Crippen LogP contribution in [0.1, 0.15) is 12.8 Å². The number of rotatable bonds is 3. The zero-order valence-electron chi connectivity index (χ0n) is 14.3. The van der Waals surface area contributed by atoms with Gasteiger partial charge in [-0.2, -0.15) is 0 Å². The van der Waals surface area contributed by atoms with Gasteiger partial charge in [-0.3, -0.25) is 0 Å². The van der Waals surface area contributed by atoms with Crippen molar-refractivity contribution in [1.82, 2.24) is 0 Å². The van der Waals surface area contributed by atoms with Crippen LogP contribution in [0.2, 0.25) is 0 Å². The number of likely N-dealkylation sites (tertiary alicyclic amines) is 1. The fourth-order valence-corrected chi connectivity index (χ4v) is 5.20. The Morgan fingerprint density at radius 1 is 0.955 bits per heavy atom. The molecule has 1 heterocycles. The van der Waals surface area contributed by atoms with Crippen molar-refractivity contribution in [3.8, 4) is 0 Å². The zero-order chi connectivity index (χ0) is 14.7. The minimum absolute atomic E-state index is 0. The minimum atomic E-state index is -0.255. The Labute approximate surface area is 169 Å². The number of hydrogen-bond donors (Lipinski definition) is 2. The van der Waals surface area contributed by atoms with Crippen molar-refractivity contribution in [2.75, 3.05) is 54.4 Å². The summed E-state index contributed by atoms with van der Waals surface area (Å²) in [5.41, 5.74) is 0. The van der Waals surface area contributed by atoms with Crippen LogP contribution >= 0.6 is 0 Å². The van der Waals surface area contributed by atoms with Gasteiger partial charge in [0.2, 0.25) is 0 Å². The van der Waals surface area contributed by atoms with Crippen molar-refractivity contribution in [3.63, 3.8) is 0 Å².